The highest BCUT2D eigenvalue weighted by Crippen LogP contribution is 2.27. The minimum atomic E-state index is -0.0770. The Morgan fingerprint density at radius 1 is 1.08 bits per heavy atom. The molecule has 6 heteroatoms. The molecule has 0 fully saturated rings. The number of hydrogen-bond acceptors (Lipinski definition) is 3. The van der Waals surface area contributed by atoms with E-state index < -0.39 is 0 Å². The fraction of sp³-hybridized carbons (Fsp3) is 0.300. The molecular weight excluding hydrogens is 412 g/mol. The minimum Gasteiger partial charge on any atom is -0.350 e. The molecule has 2 aromatic carbocycles. The van der Waals surface area contributed by atoms with Gasteiger partial charge in [0.1, 0.15) is 0 Å². The largest absolute Gasteiger partial charge is 0.350 e. The second-order valence-corrected chi connectivity index (χ2v) is 7.83. The maximum Gasteiger partial charge on any atom is 0.224 e. The normalized spacial score (nSPS) is 11.7. The van der Waals surface area contributed by atoms with Crippen molar-refractivity contribution in [3.63, 3.8) is 0 Å². The van der Waals surface area contributed by atoms with Gasteiger partial charge in [0.25, 0.3) is 0 Å². The Balaban J connectivity index is 1.79. The van der Waals surface area contributed by atoms with E-state index in [1.165, 1.54) is 0 Å². The summed E-state index contributed by atoms with van der Waals surface area (Å²) in [6, 6.07) is 15.5. The Morgan fingerprint density at radius 3 is 2.42 bits per heavy atom. The van der Waals surface area contributed by atoms with Crippen LogP contribution in [0.4, 0.5) is 5.69 Å². The van der Waals surface area contributed by atoms with Crippen LogP contribution in [0.15, 0.2) is 57.9 Å². The van der Waals surface area contributed by atoms with Crippen molar-refractivity contribution in [2.24, 2.45) is 0 Å². The van der Waals surface area contributed by atoms with Crippen LogP contribution in [0.25, 0.3) is 0 Å². The molecule has 0 aliphatic heterocycles. The number of anilines is 1. The van der Waals surface area contributed by atoms with Crippen molar-refractivity contribution in [3.8, 4) is 0 Å². The number of rotatable bonds is 8. The maximum atomic E-state index is 12.2. The van der Waals surface area contributed by atoms with Crippen molar-refractivity contribution in [1.29, 1.82) is 0 Å². The zero-order chi connectivity index (χ0) is 18.9. The van der Waals surface area contributed by atoms with E-state index in [2.05, 4.69) is 26.6 Å². The Labute approximate surface area is 167 Å². The van der Waals surface area contributed by atoms with E-state index in [9.17, 15) is 9.59 Å². The molecular formula is C20H23BrN2O2S. The second-order valence-electron chi connectivity index (χ2n) is 5.84. The van der Waals surface area contributed by atoms with Crippen LogP contribution in [0, 0.1) is 0 Å². The molecule has 0 aromatic heterocycles. The van der Waals surface area contributed by atoms with Gasteiger partial charge in [0, 0.05) is 33.7 Å². The molecule has 0 radical (unpaired) electrons. The van der Waals surface area contributed by atoms with Crippen LogP contribution in [-0.4, -0.2) is 17.6 Å². The first-order valence-electron chi connectivity index (χ1n) is 8.56. The predicted molar refractivity (Wildman–Crippen MR) is 111 cm³/mol. The number of halogens is 1. The van der Waals surface area contributed by atoms with E-state index >= 15 is 0 Å². The third kappa shape index (κ3) is 6.50. The molecule has 4 nitrogen and oxygen atoms in total. The molecule has 0 bridgehead atoms. The van der Waals surface area contributed by atoms with Crippen LogP contribution in [-0.2, 0) is 9.59 Å². The van der Waals surface area contributed by atoms with Crippen LogP contribution in [0.2, 0.25) is 0 Å². The number of hydrogen-bond donors (Lipinski definition) is 2. The van der Waals surface area contributed by atoms with Crippen molar-refractivity contribution < 1.29 is 9.59 Å². The van der Waals surface area contributed by atoms with E-state index in [-0.39, 0.29) is 17.9 Å². The minimum absolute atomic E-state index is 0.0124. The van der Waals surface area contributed by atoms with Gasteiger partial charge in [-0.15, -0.1) is 11.8 Å². The van der Waals surface area contributed by atoms with Crippen molar-refractivity contribution >= 4 is 45.2 Å². The molecule has 2 rings (SSSR count). The lowest BCUT2D eigenvalue weighted by Gasteiger charge is -2.15. The molecule has 138 valence electrons. The highest BCUT2D eigenvalue weighted by atomic mass is 79.9. The van der Waals surface area contributed by atoms with Gasteiger partial charge in [-0.25, -0.2) is 0 Å². The monoisotopic (exact) mass is 434 g/mol. The quantitative estimate of drug-likeness (QED) is 0.564. The molecule has 0 heterocycles. The van der Waals surface area contributed by atoms with Crippen molar-refractivity contribution in [3.05, 3.63) is 58.6 Å². The van der Waals surface area contributed by atoms with Crippen LogP contribution < -0.4 is 10.6 Å². The number of thioether (sulfide) groups is 1. The molecule has 0 saturated carbocycles. The number of nitrogens with one attached hydrogen (secondary N) is 2. The van der Waals surface area contributed by atoms with Gasteiger partial charge >= 0.3 is 0 Å². The topological polar surface area (TPSA) is 58.2 Å². The molecule has 1 unspecified atom stereocenters. The Kier molecular flexibility index (Phi) is 8.19. The van der Waals surface area contributed by atoms with Gasteiger partial charge < -0.3 is 10.6 Å². The molecule has 2 amide bonds. The van der Waals surface area contributed by atoms with Crippen molar-refractivity contribution in [1.82, 2.24) is 5.32 Å². The van der Waals surface area contributed by atoms with Gasteiger partial charge in [0.05, 0.1) is 6.04 Å². The lowest BCUT2D eigenvalue weighted by molar-refractivity contribution is -0.121. The average Bonchev–Trinajstić information content (AvgIpc) is 2.63. The number of benzene rings is 2. The lowest BCUT2D eigenvalue weighted by Crippen LogP contribution is -2.26. The van der Waals surface area contributed by atoms with Gasteiger partial charge in [-0.3, -0.25) is 9.59 Å². The highest BCUT2D eigenvalue weighted by molar-refractivity contribution is 9.10. The Hall–Kier alpha value is -1.79. The summed E-state index contributed by atoms with van der Waals surface area (Å²) in [5.74, 6) is 0.741. The number of carbonyl (C=O) groups excluding carboxylic acids is 2. The average molecular weight is 435 g/mol. The van der Waals surface area contributed by atoms with Gasteiger partial charge in [-0.2, -0.15) is 0 Å². The molecule has 0 spiro atoms. The third-order valence-electron chi connectivity index (χ3n) is 3.82. The summed E-state index contributed by atoms with van der Waals surface area (Å²) < 4.78 is 1.05. The van der Waals surface area contributed by atoms with Crippen molar-refractivity contribution in [2.75, 3.05) is 11.1 Å². The molecule has 1 atom stereocenters. The first kappa shape index (κ1) is 20.5. The van der Waals surface area contributed by atoms with E-state index in [1.807, 2.05) is 62.4 Å². The second kappa shape index (κ2) is 10.4. The molecule has 2 N–H and O–H groups in total. The van der Waals surface area contributed by atoms with Crippen LogP contribution in [0.5, 0.6) is 0 Å². The molecule has 0 aliphatic carbocycles. The lowest BCUT2D eigenvalue weighted by atomic mass is 10.1. The maximum absolute atomic E-state index is 12.2. The fourth-order valence-electron chi connectivity index (χ4n) is 2.32. The van der Waals surface area contributed by atoms with Crippen LogP contribution in [0.1, 0.15) is 38.3 Å². The summed E-state index contributed by atoms with van der Waals surface area (Å²) >= 11 is 5.17. The van der Waals surface area contributed by atoms with E-state index in [0.717, 1.165) is 26.4 Å². The van der Waals surface area contributed by atoms with Crippen molar-refractivity contribution in [2.45, 2.75) is 37.6 Å². The highest BCUT2D eigenvalue weighted by Gasteiger charge is 2.10. The summed E-state index contributed by atoms with van der Waals surface area (Å²) in [7, 11) is 0. The van der Waals surface area contributed by atoms with Gasteiger partial charge in [-0.05, 0) is 52.7 Å². The number of carbonyl (C=O) groups is 2. The third-order valence-corrected chi connectivity index (χ3v) is 5.85. The van der Waals surface area contributed by atoms with E-state index in [0.29, 0.717) is 12.8 Å². The zero-order valence-corrected chi connectivity index (χ0v) is 17.3. The molecule has 2 aromatic rings. The van der Waals surface area contributed by atoms with Gasteiger partial charge in [0.15, 0.2) is 0 Å². The van der Waals surface area contributed by atoms with Crippen LogP contribution in [0.3, 0.4) is 0 Å². The molecule has 0 aliphatic rings. The molecule has 0 saturated heterocycles. The smallest absolute Gasteiger partial charge is 0.224 e. The predicted octanol–water partition coefficient (Wildman–Crippen LogP) is 5.16. The summed E-state index contributed by atoms with van der Waals surface area (Å²) in [5, 5.41) is 5.83. The van der Waals surface area contributed by atoms with Crippen LogP contribution >= 0.6 is 27.7 Å². The first-order valence-corrected chi connectivity index (χ1v) is 10.3. The zero-order valence-electron chi connectivity index (χ0n) is 14.9. The SMILES string of the molecule is CCC(=O)Nc1ccc(C(C)NC(=O)CCSc2ccccc2Br)cc1. The Morgan fingerprint density at radius 2 is 1.77 bits per heavy atom. The standard InChI is InChI=1S/C20H23BrN2O2S/c1-3-19(24)23-16-10-8-15(9-11-16)14(2)22-20(25)12-13-26-18-7-5-4-6-17(18)21/h4-11,14H,3,12-13H2,1-2H3,(H,22,25)(H,23,24). The summed E-state index contributed by atoms with van der Waals surface area (Å²) in [6.07, 6.45) is 0.909. The summed E-state index contributed by atoms with van der Waals surface area (Å²) in [6.45, 7) is 3.77. The molecule has 26 heavy (non-hydrogen) atoms. The van der Waals surface area contributed by atoms with E-state index in [4.69, 9.17) is 0 Å². The first-order chi connectivity index (χ1) is 12.5. The fourth-order valence-corrected chi connectivity index (χ4v) is 3.83. The van der Waals surface area contributed by atoms with Gasteiger partial charge in [-0.1, -0.05) is 31.2 Å². The summed E-state index contributed by atoms with van der Waals surface area (Å²) in [5.41, 5.74) is 1.77. The number of amides is 2. The van der Waals surface area contributed by atoms with E-state index in [1.54, 1.807) is 11.8 Å². The Bertz CT molecular complexity index is 750. The summed E-state index contributed by atoms with van der Waals surface area (Å²) in [4.78, 5) is 24.7. The van der Waals surface area contributed by atoms with Gasteiger partial charge in [0.2, 0.25) is 11.8 Å².